The number of azo groups is 1. The van der Waals surface area contributed by atoms with E-state index < -0.39 is 17.5 Å². The standard InChI is InChI=1S/C22H19F2N3O2/c23-14-8-9-19(24)18(12-14)21(28)25-15-5-3-4-13(10-15)11-20-16-6-1-2-7-17(16)22(29)27-26-20/h3-5,8-10,12,20H,1-2,6-7,11H2,(H,25,28). The van der Waals surface area contributed by atoms with Crippen LogP contribution in [0.1, 0.15) is 41.6 Å². The van der Waals surface area contributed by atoms with E-state index in [4.69, 9.17) is 0 Å². The number of carbonyl (C=O) groups is 2. The van der Waals surface area contributed by atoms with Gasteiger partial charge in [0.05, 0.1) is 11.6 Å². The lowest BCUT2D eigenvalue weighted by molar-refractivity contribution is -0.115. The van der Waals surface area contributed by atoms with Gasteiger partial charge in [0.2, 0.25) is 0 Å². The molecule has 7 heteroatoms. The Morgan fingerprint density at radius 1 is 1.10 bits per heavy atom. The molecule has 29 heavy (non-hydrogen) atoms. The molecule has 2 aliphatic rings. The summed E-state index contributed by atoms with van der Waals surface area (Å²) >= 11 is 0. The van der Waals surface area contributed by atoms with Crippen molar-refractivity contribution in [3.8, 4) is 0 Å². The van der Waals surface area contributed by atoms with Crippen LogP contribution >= 0.6 is 0 Å². The van der Waals surface area contributed by atoms with E-state index in [1.165, 1.54) is 0 Å². The number of halogens is 2. The van der Waals surface area contributed by atoms with Crippen molar-refractivity contribution in [1.82, 2.24) is 0 Å². The molecule has 2 amide bonds. The number of nitrogens with one attached hydrogen (secondary N) is 1. The van der Waals surface area contributed by atoms with Crippen LogP contribution in [0.4, 0.5) is 14.5 Å². The monoisotopic (exact) mass is 395 g/mol. The normalized spacial score (nSPS) is 18.6. The number of rotatable bonds is 4. The summed E-state index contributed by atoms with van der Waals surface area (Å²) in [5.41, 5.74) is 2.87. The highest BCUT2D eigenvalue weighted by molar-refractivity contribution is 6.04. The third-order valence-corrected chi connectivity index (χ3v) is 5.25. The van der Waals surface area contributed by atoms with Crippen LogP contribution in [0.2, 0.25) is 0 Å². The molecule has 0 saturated heterocycles. The number of hydrogen-bond donors (Lipinski definition) is 1. The van der Waals surface area contributed by atoms with E-state index in [-0.39, 0.29) is 17.5 Å². The first-order valence-corrected chi connectivity index (χ1v) is 9.54. The van der Waals surface area contributed by atoms with Gasteiger partial charge in [0.25, 0.3) is 11.8 Å². The van der Waals surface area contributed by atoms with Crippen molar-refractivity contribution < 1.29 is 18.4 Å². The minimum absolute atomic E-state index is 0.186. The van der Waals surface area contributed by atoms with E-state index in [1.807, 2.05) is 6.07 Å². The van der Waals surface area contributed by atoms with E-state index in [0.29, 0.717) is 12.1 Å². The van der Waals surface area contributed by atoms with Gasteiger partial charge in [0, 0.05) is 17.7 Å². The summed E-state index contributed by atoms with van der Waals surface area (Å²) < 4.78 is 27.2. The van der Waals surface area contributed by atoms with Gasteiger partial charge in [-0.3, -0.25) is 9.59 Å². The van der Waals surface area contributed by atoms with Crippen LogP contribution in [0.15, 0.2) is 63.8 Å². The topological polar surface area (TPSA) is 70.9 Å². The number of hydrogen-bond acceptors (Lipinski definition) is 3. The van der Waals surface area contributed by atoms with Gasteiger partial charge in [0.15, 0.2) is 0 Å². The fraction of sp³-hybridized carbons (Fsp3) is 0.273. The SMILES string of the molecule is O=C1N=NC(Cc2cccc(NC(=O)c3cc(F)ccc3F)c2)C2=C1CCCC2. The number of amides is 2. The average Bonchev–Trinajstić information content (AvgIpc) is 2.72. The van der Waals surface area contributed by atoms with Gasteiger partial charge in [-0.05, 0) is 67.2 Å². The number of anilines is 1. The second-order valence-electron chi connectivity index (χ2n) is 7.23. The fourth-order valence-electron chi connectivity index (χ4n) is 3.83. The molecule has 0 saturated carbocycles. The van der Waals surface area contributed by atoms with Crippen LogP contribution < -0.4 is 5.32 Å². The lowest BCUT2D eigenvalue weighted by atomic mass is 9.84. The molecule has 5 nitrogen and oxygen atoms in total. The summed E-state index contributed by atoms with van der Waals surface area (Å²) in [5.74, 6) is -2.42. The molecule has 4 rings (SSSR count). The van der Waals surface area contributed by atoms with Crippen molar-refractivity contribution in [3.63, 3.8) is 0 Å². The molecule has 1 aliphatic heterocycles. The Labute approximate surface area is 166 Å². The van der Waals surface area contributed by atoms with Crippen molar-refractivity contribution in [2.24, 2.45) is 10.2 Å². The minimum atomic E-state index is -0.788. The van der Waals surface area contributed by atoms with Crippen LogP contribution in [-0.4, -0.2) is 17.9 Å². The zero-order chi connectivity index (χ0) is 20.4. The molecule has 2 aromatic carbocycles. The highest BCUT2D eigenvalue weighted by atomic mass is 19.1. The van der Waals surface area contributed by atoms with Crippen molar-refractivity contribution in [3.05, 3.63) is 76.4 Å². The third kappa shape index (κ3) is 4.13. The lowest BCUT2D eigenvalue weighted by Crippen LogP contribution is -2.23. The van der Waals surface area contributed by atoms with Gasteiger partial charge < -0.3 is 5.32 Å². The van der Waals surface area contributed by atoms with Crippen LogP contribution in [0.5, 0.6) is 0 Å². The summed E-state index contributed by atoms with van der Waals surface area (Å²) in [6, 6.07) is 9.68. The molecule has 0 bridgehead atoms. The maximum atomic E-state index is 13.8. The van der Waals surface area contributed by atoms with Gasteiger partial charge in [0.1, 0.15) is 11.6 Å². The van der Waals surface area contributed by atoms with Crippen LogP contribution in [0.25, 0.3) is 0 Å². The average molecular weight is 395 g/mol. The van der Waals surface area contributed by atoms with E-state index in [9.17, 15) is 18.4 Å². The highest BCUT2D eigenvalue weighted by Gasteiger charge is 2.28. The van der Waals surface area contributed by atoms with Gasteiger partial charge in [-0.15, -0.1) is 5.11 Å². The molecular formula is C22H19F2N3O2. The Balaban J connectivity index is 1.51. The Morgan fingerprint density at radius 3 is 2.79 bits per heavy atom. The quantitative estimate of drug-likeness (QED) is 0.792. The second-order valence-corrected chi connectivity index (χ2v) is 7.23. The summed E-state index contributed by atoms with van der Waals surface area (Å²) in [6.45, 7) is 0. The maximum Gasteiger partial charge on any atom is 0.291 e. The van der Waals surface area contributed by atoms with E-state index in [1.54, 1.807) is 18.2 Å². The van der Waals surface area contributed by atoms with Crippen molar-refractivity contribution >= 4 is 17.5 Å². The second kappa shape index (κ2) is 8.03. The summed E-state index contributed by atoms with van der Waals surface area (Å²) in [5, 5.41) is 10.6. The Morgan fingerprint density at radius 2 is 1.93 bits per heavy atom. The minimum Gasteiger partial charge on any atom is -0.322 e. The molecule has 1 atom stereocenters. The summed E-state index contributed by atoms with van der Waals surface area (Å²) in [4.78, 5) is 24.3. The largest absolute Gasteiger partial charge is 0.322 e. The first kappa shape index (κ1) is 19.1. The van der Waals surface area contributed by atoms with Crippen LogP contribution in [0, 0.1) is 11.6 Å². The fourth-order valence-corrected chi connectivity index (χ4v) is 3.83. The van der Waals surface area contributed by atoms with Crippen LogP contribution in [0.3, 0.4) is 0 Å². The number of benzene rings is 2. The molecular weight excluding hydrogens is 376 g/mol. The third-order valence-electron chi connectivity index (χ3n) is 5.25. The number of carbonyl (C=O) groups excluding carboxylic acids is 2. The zero-order valence-corrected chi connectivity index (χ0v) is 15.6. The van der Waals surface area contributed by atoms with E-state index >= 15 is 0 Å². The van der Waals surface area contributed by atoms with Crippen LogP contribution in [-0.2, 0) is 11.2 Å². The van der Waals surface area contributed by atoms with Crippen molar-refractivity contribution in [1.29, 1.82) is 0 Å². The molecule has 1 N–H and O–H groups in total. The molecule has 1 unspecified atom stereocenters. The molecule has 1 heterocycles. The summed E-state index contributed by atoms with van der Waals surface area (Å²) in [6.07, 6.45) is 4.17. The Bertz CT molecular complexity index is 1050. The van der Waals surface area contributed by atoms with Crippen molar-refractivity contribution in [2.75, 3.05) is 5.32 Å². The van der Waals surface area contributed by atoms with Gasteiger partial charge in [-0.1, -0.05) is 12.1 Å². The predicted octanol–water partition coefficient (Wildman–Crippen LogP) is 4.99. The molecule has 0 spiro atoms. The smallest absolute Gasteiger partial charge is 0.291 e. The van der Waals surface area contributed by atoms with E-state index in [0.717, 1.165) is 60.6 Å². The molecule has 0 radical (unpaired) electrons. The number of nitrogens with zero attached hydrogens (tertiary/aromatic N) is 2. The van der Waals surface area contributed by atoms with Gasteiger partial charge >= 0.3 is 0 Å². The zero-order valence-electron chi connectivity index (χ0n) is 15.6. The van der Waals surface area contributed by atoms with Crippen molar-refractivity contribution in [2.45, 2.75) is 38.1 Å². The predicted molar refractivity (Wildman–Crippen MR) is 104 cm³/mol. The molecule has 148 valence electrons. The molecule has 2 aromatic rings. The highest BCUT2D eigenvalue weighted by Crippen LogP contribution is 2.33. The van der Waals surface area contributed by atoms with Gasteiger partial charge in [-0.2, -0.15) is 5.11 Å². The van der Waals surface area contributed by atoms with E-state index in [2.05, 4.69) is 15.5 Å². The Hall–Kier alpha value is -3.22. The molecule has 1 aliphatic carbocycles. The first-order valence-electron chi connectivity index (χ1n) is 9.54. The molecule has 0 fully saturated rings. The Kier molecular flexibility index (Phi) is 5.29. The first-order chi connectivity index (χ1) is 14.0. The molecule has 0 aromatic heterocycles. The lowest BCUT2D eigenvalue weighted by Gasteiger charge is -2.25. The maximum absolute atomic E-state index is 13.8. The summed E-state index contributed by atoms with van der Waals surface area (Å²) in [7, 11) is 0. The van der Waals surface area contributed by atoms with Gasteiger partial charge in [-0.25, -0.2) is 8.78 Å².